The van der Waals surface area contributed by atoms with Crippen molar-refractivity contribution in [1.82, 2.24) is 15.0 Å². The molecule has 26 heavy (non-hydrogen) atoms. The molecule has 0 atom stereocenters. The molecule has 0 saturated carbocycles. The summed E-state index contributed by atoms with van der Waals surface area (Å²) in [5.41, 5.74) is 2.04. The summed E-state index contributed by atoms with van der Waals surface area (Å²) in [5.74, 6) is 1.69. The molecule has 5 nitrogen and oxygen atoms in total. The number of nitrogens with zero attached hydrogens (tertiary/aromatic N) is 4. The Balaban J connectivity index is 1.40. The van der Waals surface area contributed by atoms with Crippen molar-refractivity contribution in [1.29, 1.82) is 0 Å². The number of benzene rings is 1. The summed E-state index contributed by atoms with van der Waals surface area (Å²) >= 11 is 5.97. The Labute approximate surface area is 157 Å². The average molecular weight is 367 g/mol. The van der Waals surface area contributed by atoms with Gasteiger partial charge in [0, 0.05) is 49.8 Å². The maximum atomic E-state index is 6.01. The van der Waals surface area contributed by atoms with Crippen LogP contribution in [0.1, 0.15) is 12.8 Å². The van der Waals surface area contributed by atoms with E-state index in [1.54, 1.807) is 24.8 Å². The molecule has 1 aliphatic rings. The van der Waals surface area contributed by atoms with Crippen molar-refractivity contribution >= 4 is 17.4 Å². The first-order valence-electron chi connectivity index (χ1n) is 8.67. The Morgan fingerprint density at radius 1 is 1.00 bits per heavy atom. The zero-order valence-electron chi connectivity index (χ0n) is 14.3. The van der Waals surface area contributed by atoms with Crippen LogP contribution in [0, 0.1) is 0 Å². The highest BCUT2D eigenvalue weighted by Gasteiger charge is 2.22. The van der Waals surface area contributed by atoms with E-state index in [4.69, 9.17) is 16.3 Å². The number of hydrogen-bond donors (Lipinski definition) is 0. The number of ether oxygens (including phenoxy) is 1. The quantitative estimate of drug-likeness (QED) is 0.691. The van der Waals surface area contributed by atoms with Crippen LogP contribution in [0.5, 0.6) is 5.75 Å². The molecule has 0 bridgehead atoms. The third kappa shape index (κ3) is 3.94. The van der Waals surface area contributed by atoms with Gasteiger partial charge in [-0.2, -0.15) is 0 Å². The second-order valence-corrected chi connectivity index (χ2v) is 6.71. The van der Waals surface area contributed by atoms with E-state index in [0.717, 1.165) is 48.8 Å². The lowest BCUT2D eigenvalue weighted by atomic mass is 10.1. The van der Waals surface area contributed by atoms with Crippen molar-refractivity contribution in [3.8, 4) is 17.0 Å². The molecule has 4 rings (SSSR count). The number of pyridine rings is 1. The predicted octanol–water partition coefficient (Wildman–Crippen LogP) is 4.24. The van der Waals surface area contributed by atoms with E-state index in [2.05, 4.69) is 38.1 Å². The fourth-order valence-corrected chi connectivity index (χ4v) is 3.30. The zero-order chi connectivity index (χ0) is 17.8. The summed E-state index contributed by atoms with van der Waals surface area (Å²) in [4.78, 5) is 15.2. The first kappa shape index (κ1) is 16.8. The predicted molar refractivity (Wildman–Crippen MR) is 103 cm³/mol. The van der Waals surface area contributed by atoms with Gasteiger partial charge in [-0.05, 0) is 0 Å². The van der Waals surface area contributed by atoms with Crippen LogP contribution in [-0.4, -0.2) is 34.1 Å². The zero-order valence-corrected chi connectivity index (χ0v) is 15.0. The molecule has 2 aromatic heterocycles. The second-order valence-electron chi connectivity index (χ2n) is 6.27. The summed E-state index contributed by atoms with van der Waals surface area (Å²) in [5, 5.41) is 0.592. The van der Waals surface area contributed by atoms with Crippen LogP contribution >= 0.6 is 11.6 Å². The van der Waals surface area contributed by atoms with Crippen molar-refractivity contribution in [3.63, 3.8) is 0 Å². The van der Waals surface area contributed by atoms with Gasteiger partial charge in [-0.25, -0.2) is 9.97 Å². The molecule has 1 fully saturated rings. The summed E-state index contributed by atoms with van der Waals surface area (Å²) in [6, 6.07) is 14.0. The van der Waals surface area contributed by atoms with Gasteiger partial charge in [0.15, 0.2) is 0 Å². The second kappa shape index (κ2) is 7.70. The fraction of sp³-hybridized carbons (Fsp3) is 0.250. The van der Waals surface area contributed by atoms with Crippen LogP contribution in [-0.2, 0) is 0 Å². The number of anilines is 1. The molecule has 0 N–H and O–H groups in total. The van der Waals surface area contributed by atoms with E-state index in [1.165, 1.54) is 0 Å². The minimum atomic E-state index is 0.168. The van der Waals surface area contributed by atoms with Gasteiger partial charge in [0.05, 0.1) is 16.9 Å². The maximum absolute atomic E-state index is 6.01. The van der Waals surface area contributed by atoms with E-state index >= 15 is 0 Å². The molecule has 3 aromatic rings. The van der Waals surface area contributed by atoms with Crippen LogP contribution in [0.2, 0.25) is 5.02 Å². The Kier molecular flexibility index (Phi) is 4.97. The van der Waals surface area contributed by atoms with Gasteiger partial charge in [-0.15, -0.1) is 0 Å². The van der Waals surface area contributed by atoms with Gasteiger partial charge in [0.1, 0.15) is 24.0 Å². The lowest BCUT2D eigenvalue weighted by molar-refractivity contribution is 0.170. The third-order valence-corrected chi connectivity index (χ3v) is 4.68. The highest BCUT2D eigenvalue weighted by Crippen LogP contribution is 2.25. The SMILES string of the molecule is Clc1cncc(OC2CCN(c3cc(-c4ccccc4)ncn3)CC2)c1. The third-order valence-electron chi connectivity index (χ3n) is 4.47. The van der Waals surface area contributed by atoms with Gasteiger partial charge in [-0.1, -0.05) is 41.9 Å². The van der Waals surface area contributed by atoms with Crippen LogP contribution in [0.3, 0.4) is 0 Å². The average Bonchev–Trinajstić information content (AvgIpc) is 2.69. The largest absolute Gasteiger partial charge is 0.489 e. The summed E-state index contributed by atoms with van der Waals surface area (Å²) < 4.78 is 6.01. The van der Waals surface area contributed by atoms with E-state index in [1.807, 2.05) is 18.2 Å². The van der Waals surface area contributed by atoms with Crippen LogP contribution < -0.4 is 9.64 Å². The number of halogens is 1. The maximum Gasteiger partial charge on any atom is 0.139 e. The van der Waals surface area contributed by atoms with E-state index in [-0.39, 0.29) is 6.10 Å². The van der Waals surface area contributed by atoms with Gasteiger partial charge < -0.3 is 9.64 Å². The highest BCUT2D eigenvalue weighted by molar-refractivity contribution is 6.30. The molecule has 0 aliphatic carbocycles. The molecule has 0 unspecified atom stereocenters. The number of aromatic nitrogens is 3. The van der Waals surface area contributed by atoms with Crippen molar-refractivity contribution in [3.05, 3.63) is 66.2 Å². The minimum absolute atomic E-state index is 0.168. The first-order valence-corrected chi connectivity index (χ1v) is 9.05. The molecule has 3 heterocycles. The van der Waals surface area contributed by atoms with Crippen LogP contribution in [0.25, 0.3) is 11.3 Å². The lowest BCUT2D eigenvalue weighted by Gasteiger charge is -2.33. The summed E-state index contributed by atoms with van der Waals surface area (Å²) in [6.45, 7) is 1.79. The van der Waals surface area contributed by atoms with E-state index < -0.39 is 0 Å². The Hall–Kier alpha value is -2.66. The Bertz CT molecular complexity index is 866. The minimum Gasteiger partial charge on any atom is -0.489 e. The molecular formula is C20H19ClN4O. The molecule has 1 aromatic carbocycles. The molecule has 6 heteroatoms. The Morgan fingerprint density at radius 2 is 1.81 bits per heavy atom. The smallest absolute Gasteiger partial charge is 0.139 e. The molecule has 1 aliphatic heterocycles. The molecule has 132 valence electrons. The standard InChI is InChI=1S/C20H19ClN4O/c21-16-10-18(13-22-12-16)26-17-6-8-25(9-7-17)20-11-19(23-14-24-20)15-4-2-1-3-5-15/h1-5,10-14,17H,6-9H2. The summed E-state index contributed by atoms with van der Waals surface area (Å²) in [7, 11) is 0. The highest BCUT2D eigenvalue weighted by atomic mass is 35.5. The van der Waals surface area contributed by atoms with E-state index in [0.29, 0.717) is 5.02 Å². The normalized spacial score (nSPS) is 15.0. The first-order chi connectivity index (χ1) is 12.8. The fourth-order valence-electron chi connectivity index (χ4n) is 3.14. The molecule has 0 spiro atoms. The van der Waals surface area contributed by atoms with Crippen molar-refractivity contribution < 1.29 is 4.74 Å². The number of piperidine rings is 1. The topological polar surface area (TPSA) is 51.1 Å². The monoisotopic (exact) mass is 366 g/mol. The number of hydrogen-bond acceptors (Lipinski definition) is 5. The molecule has 0 radical (unpaired) electrons. The Morgan fingerprint density at radius 3 is 2.58 bits per heavy atom. The summed E-state index contributed by atoms with van der Waals surface area (Å²) in [6.07, 6.45) is 6.97. The van der Waals surface area contributed by atoms with Crippen molar-refractivity contribution in [2.45, 2.75) is 18.9 Å². The molecular weight excluding hydrogens is 348 g/mol. The van der Waals surface area contributed by atoms with Gasteiger partial charge in [0.25, 0.3) is 0 Å². The van der Waals surface area contributed by atoms with Gasteiger partial charge >= 0.3 is 0 Å². The van der Waals surface area contributed by atoms with Crippen LogP contribution in [0.4, 0.5) is 5.82 Å². The van der Waals surface area contributed by atoms with Crippen molar-refractivity contribution in [2.75, 3.05) is 18.0 Å². The van der Waals surface area contributed by atoms with Gasteiger partial charge in [0.2, 0.25) is 0 Å². The van der Waals surface area contributed by atoms with E-state index in [9.17, 15) is 0 Å². The van der Waals surface area contributed by atoms with Crippen LogP contribution in [0.15, 0.2) is 61.2 Å². The number of rotatable bonds is 4. The molecule has 0 amide bonds. The van der Waals surface area contributed by atoms with Crippen molar-refractivity contribution in [2.24, 2.45) is 0 Å². The lowest BCUT2D eigenvalue weighted by Crippen LogP contribution is -2.38. The molecule has 1 saturated heterocycles. The van der Waals surface area contributed by atoms with Gasteiger partial charge in [-0.3, -0.25) is 4.98 Å².